The molecule has 4 rings (SSSR count). The Morgan fingerprint density at radius 3 is 2.41 bits per heavy atom. The van der Waals surface area contributed by atoms with E-state index in [0.717, 1.165) is 20.5 Å². The number of para-hydroxylation sites is 1. The van der Waals surface area contributed by atoms with Gasteiger partial charge in [0.05, 0.1) is 12.8 Å². The van der Waals surface area contributed by atoms with Crippen LogP contribution in [0, 0.1) is 6.92 Å². The lowest BCUT2D eigenvalue weighted by Gasteiger charge is -2.27. The minimum atomic E-state index is -0.782. The van der Waals surface area contributed by atoms with Crippen LogP contribution in [0.1, 0.15) is 16.7 Å². The smallest absolute Gasteiger partial charge is 0.335 e. The summed E-state index contributed by atoms with van der Waals surface area (Å²) in [6.07, 6.45) is 1.43. The van der Waals surface area contributed by atoms with Crippen molar-refractivity contribution in [1.29, 1.82) is 0 Å². The topological polar surface area (TPSA) is 84.9 Å². The van der Waals surface area contributed by atoms with E-state index in [1.165, 1.54) is 13.2 Å². The number of aryl methyl sites for hydroxylation is 1. The molecule has 1 heterocycles. The largest absolute Gasteiger partial charge is 0.493 e. The van der Waals surface area contributed by atoms with E-state index in [4.69, 9.17) is 9.47 Å². The number of nitrogens with zero attached hydrogens (tertiary/aromatic N) is 1. The number of carbonyl (C=O) groups excluding carboxylic acids is 3. The highest BCUT2D eigenvalue weighted by Gasteiger charge is 2.37. The SMILES string of the molecule is COc1cc(/C=C2\C(=O)NC(=O)N(c3ccccc3C)C2=O)ccc1OCc1ccc(Br)cc1. The number of amides is 4. The first-order valence-electron chi connectivity index (χ1n) is 10.4. The van der Waals surface area contributed by atoms with Crippen LogP contribution in [0.4, 0.5) is 10.5 Å². The summed E-state index contributed by atoms with van der Waals surface area (Å²) in [5, 5.41) is 2.24. The molecule has 34 heavy (non-hydrogen) atoms. The maximum Gasteiger partial charge on any atom is 0.335 e. The van der Waals surface area contributed by atoms with Crippen LogP contribution >= 0.6 is 15.9 Å². The van der Waals surface area contributed by atoms with E-state index in [0.29, 0.717) is 29.4 Å². The molecule has 0 aliphatic carbocycles. The number of barbiturate groups is 1. The molecule has 3 aromatic carbocycles. The molecule has 1 N–H and O–H groups in total. The minimum absolute atomic E-state index is 0.159. The van der Waals surface area contributed by atoms with Gasteiger partial charge in [0, 0.05) is 4.47 Å². The van der Waals surface area contributed by atoms with Crippen molar-refractivity contribution in [3.05, 3.63) is 93.5 Å². The van der Waals surface area contributed by atoms with E-state index in [9.17, 15) is 14.4 Å². The molecule has 0 spiro atoms. The Kier molecular flexibility index (Phi) is 6.79. The second-order valence-corrected chi connectivity index (χ2v) is 8.49. The van der Waals surface area contributed by atoms with Gasteiger partial charge in [-0.1, -0.05) is 52.3 Å². The Labute approximate surface area is 205 Å². The number of hydrogen-bond acceptors (Lipinski definition) is 5. The quantitative estimate of drug-likeness (QED) is 0.364. The summed E-state index contributed by atoms with van der Waals surface area (Å²) in [6, 6.07) is 19.0. The summed E-state index contributed by atoms with van der Waals surface area (Å²) in [4.78, 5) is 39.0. The van der Waals surface area contributed by atoms with Gasteiger partial charge in [0.1, 0.15) is 12.2 Å². The van der Waals surface area contributed by atoms with Gasteiger partial charge in [-0.15, -0.1) is 0 Å². The molecule has 0 atom stereocenters. The summed E-state index contributed by atoms with van der Waals surface area (Å²) in [5.74, 6) is -0.488. The molecule has 1 aliphatic rings. The number of methoxy groups -OCH3 is 1. The van der Waals surface area contributed by atoms with E-state index in [-0.39, 0.29) is 5.57 Å². The third kappa shape index (κ3) is 4.87. The minimum Gasteiger partial charge on any atom is -0.493 e. The zero-order valence-electron chi connectivity index (χ0n) is 18.5. The van der Waals surface area contributed by atoms with Crippen molar-refractivity contribution in [2.24, 2.45) is 0 Å². The van der Waals surface area contributed by atoms with Crippen LogP contribution in [0.15, 0.2) is 76.8 Å². The number of anilines is 1. The number of nitrogens with one attached hydrogen (secondary N) is 1. The summed E-state index contributed by atoms with van der Waals surface area (Å²) < 4.78 is 12.3. The molecule has 1 fully saturated rings. The fraction of sp³-hybridized carbons (Fsp3) is 0.115. The van der Waals surface area contributed by atoms with E-state index >= 15 is 0 Å². The van der Waals surface area contributed by atoms with E-state index in [2.05, 4.69) is 21.2 Å². The van der Waals surface area contributed by atoms with E-state index in [1.54, 1.807) is 49.4 Å². The maximum atomic E-state index is 13.1. The van der Waals surface area contributed by atoms with Gasteiger partial charge >= 0.3 is 6.03 Å². The number of benzene rings is 3. The van der Waals surface area contributed by atoms with E-state index in [1.807, 2.05) is 24.3 Å². The number of ether oxygens (including phenoxy) is 2. The molecule has 172 valence electrons. The number of imide groups is 2. The van der Waals surface area contributed by atoms with Crippen LogP contribution in [-0.4, -0.2) is 25.0 Å². The Morgan fingerprint density at radius 1 is 0.971 bits per heavy atom. The molecule has 8 heteroatoms. The molecule has 0 aromatic heterocycles. The third-order valence-corrected chi connectivity index (χ3v) is 5.79. The lowest BCUT2D eigenvalue weighted by molar-refractivity contribution is -0.122. The first-order valence-corrected chi connectivity index (χ1v) is 11.2. The fourth-order valence-electron chi connectivity index (χ4n) is 3.49. The fourth-order valence-corrected chi connectivity index (χ4v) is 3.76. The molecule has 1 aliphatic heterocycles. The average Bonchev–Trinajstić information content (AvgIpc) is 2.83. The molecule has 0 radical (unpaired) electrons. The first kappa shape index (κ1) is 23.3. The molecule has 1 saturated heterocycles. The number of hydrogen-bond donors (Lipinski definition) is 1. The molecular formula is C26H21BrN2O5. The van der Waals surface area contributed by atoms with Gasteiger partial charge in [0.25, 0.3) is 11.8 Å². The van der Waals surface area contributed by atoms with Crippen molar-refractivity contribution < 1.29 is 23.9 Å². The van der Waals surface area contributed by atoms with Crippen molar-refractivity contribution in [1.82, 2.24) is 5.32 Å². The van der Waals surface area contributed by atoms with Crippen LogP contribution in [0.2, 0.25) is 0 Å². The molecule has 0 saturated carbocycles. The molecule has 7 nitrogen and oxygen atoms in total. The van der Waals surface area contributed by atoms with Gasteiger partial charge in [-0.25, -0.2) is 9.69 Å². The molecule has 0 bridgehead atoms. The van der Waals surface area contributed by atoms with Crippen LogP contribution in [0.5, 0.6) is 11.5 Å². The first-order chi connectivity index (χ1) is 16.4. The monoisotopic (exact) mass is 520 g/mol. The van der Waals surface area contributed by atoms with Crippen molar-refractivity contribution >= 4 is 45.5 Å². The normalized spacial score (nSPS) is 14.9. The van der Waals surface area contributed by atoms with Gasteiger partial charge in [0.15, 0.2) is 11.5 Å². The Bertz CT molecular complexity index is 1300. The van der Waals surface area contributed by atoms with Crippen LogP contribution in [0.25, 0.3) is 6.08 Å². The second-order valence-electron chi connectivity index (χ2n) is 7.57. The molecule has 3 aromatic rings. The zero-order chi connectivity index (χ0) is 24.2. The van der Waals surface area contributed by atoms with Gasteiger partial charge in [-0.2, -0.15) is 0 Å². The highest BCUT2D eigenvalue weighted by atomic mass is 79.9. The average molecular weight is 521 g/mol. The van der Waals surface area contributed by atoms with Crippen molar-refractivity contribution in [2.75, 3.05) is 12.0 Å². The maximum absolute atomic E-state index is 13.1. The second kappa shape index (κ2) is 9.93. The van der Waals surface area contributed by atoms with Gasteiger partial charge in [-0.05, 0) is 60.0 Å². The molecule has 4 amide bonds. The number of rotatable bonds is 6. The number of halogens is 1. The summed E-state index contributed by atoms with van der Waals surface area (Å²) in [5.41, 5.74) is 2.52. The third-order valence-electron chi connectivity index (χ3n) is 5.26. The predicted octanol–water partition coefficient (Wildman–Crippen LogP) is 5.01. The van der Waals surface area contributed by atoms with Gasteiger partial charge < -0.3 is 9.47 Å². The standard InChI is InChI=1S/C26H21BrN2O5/c1-16-5-3-4-6-21(16)29-25(31)20(24(30)28-26(29)32)13-18-9-12-22(23(14-18)33-2)34-15-17-7-10-19(27)11-8-17/h3-14H,15H2,1-2H3,(H,28,30,32)/b20-13+. The van der Waals surface area contributed by atoms with Crippen molar-refractivity contribution in [3.8, 4) is 11.5 Å². The highest BCUT2D eigenvalue weighted by Crippen LogP contribution is 2.31. The van der Waals surface area contributed by atoms with Crippen molar-refractivity contribution in [2.45, 2.75) is 13.5 Å². The Balaban J connectivity index is 1.60. The number of urea groups is 1. The Hall–Kier alpha value is -3.91. The predicted molar refractivity (Wildman–Crippen MR) is 132 cm³/mol. The lowest BCUT2D eigenvalue weighted by atomic mass is 10.1. The van der Waals surface area contributed by atoms with Gasteiger partial charge in [0.2, 0.25) is 0 Å². The highest BCUT2D eigenvalue weighted by molar-refractivity contribution is 9.10. The summed E-state index contributed by atoms with van der Waals surface area (Å²) >= 11 is 3.40. The van der Waals surface area contributed by atoms with Crippen LogP contribution < -0.4 is 19.7 Å². The van der Waals surface area contributed by atoms with Gasteiger partial charge in [-0.3, -0.25) is 14.9 Å². The lowest BCUT2D eigenvalue weighted by Crippen LogP contribution is -2.54. The van der Waals surface area contributed by atoms with Crippen molar-refractivity contribution in [3.63, 3.8) is 0 Å². The van der Waals surface area contributed by atoms with Crippen LogP contribution in [0.3, 0.4) is 0 Å². The summed E-state index contributed by atoms with van der Waals surface area (Å²) in [6.45, 7) is 2.13. The zero-order valence-corrected chi connectivity index (χ0v) is 20.1. The van der Waals surface area contributed by atoms with E-state index < -0.39 is 17.8 Å². The van der Waals surface area contributed by atoms with Crippen LogP contribution in [-0.2, 0) is 16.2 Å². The number of carbonyl (C=O) groups is 3. The molecule has 0 unspecified atom stereocenters. The Morgan fingerprint density at radius 2 is 1.71 bits per heavy atom. The molecular weight excluding hydrogens is 500 g/mol. The summed E-state index contributed by atoms with van der Waals surface area (Å²) in [7, 11) is 1.51.